The van der Waals surface area contributed by atoms with Crippen molar-refractivity contribution in [2.24, 2.45) is 10.7 Å². The molecular formula is C23H24F3N7O3. The van der Waals surface area contributed by atoms with Gasteiger partial charge in [-0.15, -0.1) is 0 Å². The lowest BCUT2D eigenvalue weighted by molar-refractivity contribution is -0.186. The van der Waals surface area contributed by atoms with Crippen LogP contribution in [0.25, 0.3) is 0 Å². The van der Waals surface area contributed by atoms with Crippen molar-refractivity contribution in [2.45, 2.75) is 38.0 Å². The molecule has 3 heterocycles. The zero-order valence-electron chi connectivity index (χ0n) is 19.4. The Labute approximate surface area is 204 Å². The van der Waals surface area contributed by atoms with Gasteiger partial charge in [-0.05, 0) is 31.9 Å². The maximum Gasteiger partial charge on any atom is 0.471 e. The molecule has 1 aliphatic carbocycles. The monoisotopic (exact) mass is 503 g/mol. The van der Waals surface area contributed by atoms with Crippen molar-refractivity contribution in [3.8, 4) is 5.75 Å². The minimum Gasteiger partial charge on any atom is -0.489 e. The van der Waals surface area contributed by atoms with E-state index in [4.69, 9.17) is 10.5 Å². The van der Waals surface area contributed by atoms with Gasteiger partial charge in [0, 0.05) is 37.6 Å². The number of aliphatic imine (C=N–C) groups is 1. The first-order valence-electron chi connectivity index (χ1n) is 11.5. The fourth-order valence-corrected chi connectivity index (χ4v) is 4.38. The molecular weight excluding hydrogens is 479 g/mol. The molecule has 0 radical (unpaired) electrons. The maximum atomic E-state index is 12.8. The van der Waals surface area contributed by atoms with Crippen molar-refractivity contribution in [2.75, 3.05) is 36.5 Å². The second-order valence-corrected chi connectivity index (χ2v) is 8.98. The summed E-state index contributed by atoms with van der Waals surface area (Å²) in [6.45, 7) is 2.09. The van der Waals surface area contributed by atoms with Crippen LogP contribution in [0, 0.1) is 0 Å². The molecule has 1 saturated heterocycles. The number of nitrogens with one attached hydrogen (secondary N) is 1. The molecule has 1 aromatic carbocycles. The second-order valence-electron chi connectivity index (χ2n) is 8.98. The van der Waals surface area contributed by atoms with E-state index in [0.717, 1.165) is 23.4 Å². The number of nitrogens with zero attached hydrogens (tertiary/aromatic N) is 5. The van der Waals surface area contributed by atoms with Crippen LogP contribution in [0.1, 0.15) is 35.8 Å². The zero-order chi connectivity index (χ0) is 25.6. The van der Waals surface area contributed by atoms with Crippen LogP contribution in [0.2, 0.25) is 0 Å². The van der Waals surface area contributed by atoms with E-state index in [1.807, 2.05) is 4.90 Å². The van der Waals surface area contributed by atoms with E-state index < -0.39 is 18.0 Å². The number of anilines is 3. The van der Waals surface area contributed by atoms with Crippen LogP contribution in [0.5, 0.6) is 5.75 Å². The van der Waals surface area contributed by atoms with Crippen LogP contribution in [0.3, 0.4) is 0 Å². The van der Waals surface area contributed by atoms with E-state index in [1.54, 1.807) is 25.1 Å². The quantitative estimate of drug-likeness (QED) is 0.600. The van der Waals surface area contributed by atoms with Crippen LogP contribution < -0.4 is 20.7 Å². The number of halogens is 3. The van der Waals surface area contributed by atoms with Gasteiger partial charge in [-0.25, -0.2) is 9.97 Å². The van der Waals surface area contributed by atoms with E-state index in [1.165, 1.54) is 6.20 Å². The number of carbonyl (C=O) groups is 2. The number of primary amides is 1. The average Bonchev–Trinajstić information content (AvgIpc) is 3.66. The van der Waals surface area contributed by atoms with Crippen LogP contribution in [0.4, 0.5) is 30.5 Å². The Morgan fingerprint density at radius 3 is 2.72 bits per heavy atom. The topological polar surface area (TPSA) is 126 Å². The van der Waals surface area contributed by atoms with Crippen molar-refractivity contribution in [3.05, 3.63) is 35.7 Å². The van der Waals surface area contributed by atoms with Gasteiger partial charge in [0.25, 0.3) is 5.91 Å². The van der Waals surface area contributed by atoms with Crippen LogP contribution in [-0.4, -0.2) is 76.9 Å². The summed E-state index contributed by atoms with van der Waals surface area (Å²) in [7, 11) is 0. The van der Waals surface area contributed by atoms with Crippen molar-refractivity contribution < 1.29 is 27.5 Å². The van der Waals surface area contributed by atoms with Crippen molar-refractivity contribution >= 4 is 34.8 Å². The number of alkyl halides is 3. The smallest absolute Gasteiger partial charge is 0.471 e. The maximum absolute atomic E-state index is 12.8. The number of nitrogens with two attached hydrogens (primary N) is 1. The summed E-state index contributed by atoms with van der Waals surface area (Å²) in [6.07, 6.45) is -1.53. The predicted octanol–water partition coefficient (Wildman–Crippen LogP) is 2.26. The van der Waals surface area contributed by atoms with Gasteiger partial charge in [-0.2, -0.15) is 13.2 Å². The summed E-state index contributed by atoms with van der Waals surface area (Å²) >= 11 is 0. The van der Waals surface area contributed by atoms with Crippen molar-refractivity contribution in [1.82, 2.24) is 14.9 Å². The second kappa shape index (κ2) is 8.95. The predicted molar refractivity (Wildman–Crippen MR) is 125 cm³/mol. The third kappa shape index (κ3) is 4.77. The van der Waals surface area contributed by atoms with Crippen molar-refractivity contribution in [3.63, 3.8) is 0 Å². The minimum absolute atomic E-state index is 0.0289. The van der Waals surface area contributed by atoms with Gasteiger partial charge in [0.2, 0.25) is 5.95 Å². The van der Waals surface area contributed by atoms with E-state index >= 15 is 0 Å². The van der Waals surface area contributed by atoms with Crippen LogP contribution in [0.15, 0.2) is 29.4 Å². The molecule has 0 bridgehead atoms. The molecule has 1 saturated carbocycles. The third-order valence-electron chi connectivity index (χ3n) is 6.29. The number of amides is 2. The lowest BCUT2D eigenvalue weighted by atomic mass is 10.1. The fourth-order valence-electron chi connectivity index (χ4n) is 4.38. The van der Waals surface area contributed by atoms with Gasteiger partial charge >= 0.3 is 12.1 Å². The van der Waals surface area contributed by atoms with Gasteiger partial charge < -0.3 is 25.6 Å². The molecule has 3 aliphatic rings. The highest BCUT2D eigenvalue weighted by Gasteiger charge is 2.45. The molecule has 1 aromatic heterocycles. The Bertz CT molecular complexity index is 1250. The third-order valence-corrected chi connectivity index (χ3v) is 6.29. The van der Waals surface area contributed by atoms with E-state index in [2.05, 4.69) is 20.3 Å². The molecule has 3 N–H and O–H groups in total. The summed E-state index contributed by atoms with van der Waals surface area (Å²) in [5, 5.41) is 3.09. The summed E-state index contributed by atoms with van der Waals surface area (Å²) in [5.74, 6) is -1.68. The van der Waals surface area contributed by atoms with Gasteiger partial charge in [0.15, 0.2) is 0 Å². The highest BCUT2D eigenvalue weighted by molar-refractivity contribution is 6.07. The number of benzene rings is 1. The lowest BCUT2D eigenvalue weighted by Gasteiger charge is -2.45. The summed E-state index contributed by atoms with van der Waals surface area (Å²) in [6, 6.07) is 5.18. The molecule has 13 heteroatoms. The Balaban J connectivity index is 1.33. The molecule has 0 spiro atoms. The largest absolute Gasteiger partial charge is 0.489 e. The molecule has 2 fully saturated rings. The van der Waals surface area contributed by atoms with E-state index in [0.29, 0.717) is 22.8 Å². The molecule has 2 aliphatic heterocycles. The molecule has 2 aromatic rings. The van der Waals surface area contributed by atoms with Crippen LogP contribution in [-0.2, 0) is 4.79 Å². The van der Waals surface area contributed by atoms with Crippen molar-refractivity contribution in [1.29, 1.82) is 0 Å². The number of ether oxygens (including phenoxy) is 1. The standard InChI is InChI=1S/C23H24F3N7O3/c1-12(29-13-2-3-13)19-16(20(27)34)9-28-22(31-19)30-14-4-5-17-18(8-14)36-11-15-10-32(6-7-33(15)17)21(35)23(24,25)26/h4-5,8-9,13,15H,2-3,6-7,10-11H2,1H3,(H2,27,34)(H,28,30,31)/b29-12+/t15-/m0/s1. The minimum atomic E-state index is -4.89. The number of carbonyl (C=O) groups excluding carboxylic acids is 2. The van der Waals surface area contributed by atoms with Gasteiger partial charge in [-0.3, -0.25) is 14.6 Å². The summed E-state index contributed by atoms with van der Waals surface area (Å²) < 4.78 is 44.3. The van der Waals surface area contributed by atoms with Crippen LogP contribution >= 0.6 is 0 Å². The zero-order valence-corrected chi connectivity index (χ0v) is 19.4. The SMILES string of the molecule is C/C(=N\C1CC1)c1nc(Nc2ccc3c(c2)OC[C@@H]2CN(C(=O)C(F)(F)F)CCN32)ncc1C(N)=O. The number of piperazine rings is 1. The first-order valence-corrected chi connectivity index (χ1v) is 11.5. The van der Waals surface area contributed by atoms with E-state index in [9.17, 15) is 22.8 Å². The fraction of sp³-hybridized carbons (Fsp3) is 0.435. The van der Waals surface area contributed by atoms with Gasteiger partial charge in [-0.1, -0.05) is 0 Å². The highest BCUT2D eigenvalue weighted by atomic mass is 19.4. The Morgan fingerprint density at radius 1 is 1.25 bits per heavy atom. The number of hydrogen-bond acceptors (Lipinski definition) is 8. The van der Waals surface area contributed by atoms with Gasteiger partial charge in [0.05, 0.1) is 29.0 Å². The number of rotatable bonds is 5. The number of aromatic nitrogens is 2. The summed E-state index contributed by atoms with van der Waals surface area (Å²) in [4.78, 5) is 39.5. The number of fused-ring (bicyclic) bond motifs is 3. The Kier molecular flexibility index (Phi) is 5.92. The molecule has 0 unspecified atom stereocenters. The number of hydrogen-bond donors (Lipinski definition) is 2. The Hall–Kier alpha value is -3.90. The lowest BCUT2D eigenvalue weighted by Crippen LogP contribution is -2.60. The summed E-state index contributed by atoms with van der Waals surface area (Å²) in [5.41, 5.74) is 8.00. The molecule has 36 heavy (non-hydrogen) atoms. The van der Waals surface area contributed by atoms with Gasteiger partial charge in [0.1, 0.15) is 18.1 Å². The van der Waals surface area contributed by atoms with E-state index in [-0.39, 0.29) is 49.8 Å². The molecule has 2 amide bonds. The molecule has 190 valence electrons. The first-order chi connectivity index (χ1) is 17.1. The normalized spacial score (nSPS) is 19.8. The average molecular weight is 503 g/mol. The molecule has 5 rings (SSSR count). The Morgan fingerprint density at radius 2 is 2.03 bits per heavy atom. The first kappa shape index (κ1) is 23.8. The molecule has 10 nitrogen and oxygen atoms in total. The molecule has 1 atom stereocenters. The highest BCUT2D eigenvalue weighted by Crippen LogP contribution is 2.38.